The highest BCUT2D eigenvalue weighted by atomic mass is 15.3. The van der Waals surface area contributed by atoms with E-state index in [0.29, 0.717) is 5.92 Å². The van der Waals surface area contributed by atoms with E-state index in [1.165, 1.54) is 32.1 Å². The second-order valence-electron chi connectivity index (χ2n) is 5.35. The second-order valence-corrected chi connectivity index (χ2v) is 5.35. The summed E-state index contributed by atoms with van der Waals surface area (Å²) in [4.78, 5) is 4.21. The molecule has 0 amide bonds. The van der Waals surface area contributed by atoms with Gasteiger partial charge in [-0.25, -0.2) is 0 Å². The van der Waals surface area contributed by atoms with Gasteiger partial charge in [0.05, 0.1) is 5.69 Å². The van der Waals surface area contributed by atoms with Gasteiger partial charge in [0.1, 0.15) is 5.82 Å². The van der Waals surface area contributed by atoms with Crippen LogP contribution in [0.1, 0.15) is 43.7 Å². The Morgan fingerprint density at radius 1 is 1.26 bits per heavy atom. The van der Waals surface area contributed by atoms with Crippen molar-refractivity contribution < 1.29 is 0 Å². The van der Waals surface area contributed by atoms with Gasteiger partial charge in [-0.05, 0) is 18.9 Å². The third-order valence-corrected chi connectivity index (χ3v) is 4.06. The Labute approximate surface area is 113 Å². The number of aromatic nitrogens is 3. The van der Waals surface area contributed by atoms with Crippen molar-refractivity contribution in [2.75, 3.05) is 5.73 Å². The molecule has 1 aliphatic carbocycles. The largest absolute Gasteiger partial charge is 0.383 e. The Morgan fingerprint density at radius 3 is 2.74 bits per heavy atom. The SMILES string of the molecule is Cn1nc(C2CCCCC2)c(-c2cccnc2)c1N. The van der Waals surface area contributed by atoms with Crippen LogP contribution < -0.4 is 5.73 Å². The van der Waals surface area contributed by atoms with Crippen LogP contribution in [0.5, 0.6) is 0 Å². The van der Waals surface area contributed by atoms with Gasteiger partial charge in [0.25, 0.3) is 0 Å². The van der Waals surface area contributed by atoms with Crippen LogP contribution >= 0.6 is 0 Å². The molecule has 0 saturated heterocycles. The van der Waals surface area contributed by atoms with Crippen LogP contribution in [0, 0.1) is 0 Å². The lowest BCUT2D eigenvalue weighted by molar-refractivity contribution is 0.434. The molecule has 0 bridgehead atoms. The lowest BCUT2D eigenvalue weighted by Crippen LogP contribution is -2.06. The molecule has 2 aromatic heterocycles. The third kappa shape index (κ3) is 2.23. The monoisotopic (exact) mass is 256 g/mol. The number of hydrogen-bond donors (Lipinski definition) is 1. The number of nitrogen functional groups attached to an aromatic ring is 1. The molecule has 2 aromatic rings. The smallest absolute Gasteiger partial charge is 0.129 e. The molecule has 2 N–H and O–H groups in total. The van der Waals surface area contributed by atoms with E-state index < -0.39 is 0 Å². The number of rotatable bonds is 2. The molecule has 19 heavy (non-hydrogen) atoms. The number of nitrogens with zero attached hydrogens (tertiary/aromatic N) is 3. The van der Waals surface area contributed by atoms with Gasteiger partial charge in [-0.15, -0.1) is 0 Å². The van der Waals surface area contributed by atoms with Crippen LogP contribution in [0.2, 0.25) is 0 Å². The maximum atomic E-state index is 6.21. The zero-order chi connectivity index (χ0) is 13.2. The topological polar surface area (TPSA) is 56.7 Å². The molecule has 0 aromatic carbocycles. The molecule has 0 spiro atoms. The fourth-order valence-electron chi connectivity index (χ4n) is 3.03. The van der Waals surface area contributed by atoms with Crippen molar-refractivity contribution in [1.82, 2.24) is 14.8 Å². The van der Waals surface area contributed by atoms with E-state index in [9.17, 15) is 0 Å². The van der Waals surface area contributed by atoms with Crippen molar-refractivity contribution in [2.45, 2.75) is 38.0 Å². The molecule has 0 atom stereocenters. The normalized spacial score (nSPS) is 16.7. The Kier molecular flexibility index (Phi) is 3.23. The van der Waals surface area contributed by atoms with E-state index in [4.69, 9.17) is 5.73 Å². The maximum Gasteiger partial charge on any atom is 0.129 e. The Bertz CT molecular complexity index is 553. The van der Waals surface area contributed by atoms with E-state index in [-0.39, 0.29) is 0 Å². The second kappa shape index (κ2) is 5.03. The predicted molar refractivity (Wildman–Crippen MR) is 76.7 cm³/mol. The fraction of sp³-hybridized carbons (Fsp3) is 0.467. The first kappa shape index (κ1) is 12.2. The van der Waals surface area contributed by atoms with Crippen LogP contribution in [-0.2, 0) is 7.05 Å². The van der Waals surface area contributed by atoms with Gasteiger partial charge in [-0.2, -0.15) is 5.10 Å². The van der Waals surface area contributed by atoms with E-state index in [1.807, 2.05) is 19.3 Å². The molecule has 4 heteroatoms. The summed E-state index contributed by atoms with van der Waals surface area (Å²) in [6.07, 6.45) is 10.1. The summed E-state index contributed by atoms with van der Waals surface area (Å²) in [5.74, 6) is 1.29. The van der Waals surface area contributed by atoms with Gasteiger partial charge in [0, 0.05) is 36.5 Å². The van der Waals surface area contributed by atoms with Gasteiger partial charge < -0.3 is 5.73 Å². The standard InChI is InChI=1S/C15H20N4/c1-19-15(16)13(12-8-5-9-17-10-12)14(18-19)11-6-3-2-4-7-11/h5,8-11H,2-4,6-7,16H2,1H3. The summed E-state index contributed by atoms with van der Waals surface area (Å²) in [5, 5.41) is 4.67. The van der Waals surface area contributed by atoms with E-state index >= 15 is 0 Å². The highest BCUT2D eigenvalue weighted by molar-refractivity contribution is 5.76. The van der Waals surface area contributed by atoms with E-state index in [0.717, 1.165) is 22.6 Å². The van der Waals surface area contributed by atoms with Crippen molar-refractivity contribution in [1.29, 1.82) is 0 Å². The molecule has 0 unspecified atom stereocenters. The minimum Gasteiger partial charge on any atom is -0.383 e. The molecule has 1 saturated carbocycles. The van der Waals surface area contributed by atoms with Crippen molar-refractivity contribution in [3.63, 3.8) is 0 Å². The van der Waals surface area contributed by atoms with Crippen molar-refractivity contribution >= 4 is 5.82 Å². The summed E-state index contributed by atoms with van der Waals surface area (Å²) in [7, 11) is 1.92. The van der Waals surface area contributed by atoms with Gasteiger partial charge in [-0.1, -0.05) is 25.3 Å². The van der Waals surface area contributed by atoms with Gasteiger partial charge in [0.15, 0.2) is 0 Å². The Morgan fingerprint density at radius 2 is 2.05 bits per heavy atom. The molecule has 1 aliphatic rings. The molecular formula is C15H20N4. The van der Waals surface area contributed by atoms with Crippen LogP contribution in [-0.4, -0.2) is 14.8 Å². The van der Waals surface area contributed by atoms with Crippen LogP contribution in [0.3, 0.4) is 0 Å². The van der Waals surface area contributed by atoms with Crippen LogP contribution in [0.4, 0.5) is 5.82 Å². The zero-order valence-corrected chi connectivity index (χ0v) is 11.3. The summed E-state index contributed by atoms with van der Waals surface area (Å²) in [5.41, 5.74) is 9.54. The molecule has 1 fully saturated rings. The predicted octanol–water partition coefficient (Wildman–Crippen LogP) is 3.11. The molecule has 0 radical (unpaired) electrons. The van der Waals surface area contributed by atoms with Crippen molar-refractivity contribution in [2.24, 2.45) is 7.05 Å². The minimum absolute atomic E-state index is 0.549. The molecule has 100 valence electrons. The van der Waals surface area contributed by atoms with Gasteiger partial charge in [-0.3, -0.25) is 9.67 Å². The number of hydrogen-bond acceptors (Lipinski definition) is 3. The third-order valence-electron chi connectivity index (χ3n) is 4.06. The first-order valence-corrected chi connectivity index (χ1v) is 7.00. The zero-order valence-electron chi connectivity index (χ0n) is 11.3. The minimum atomic E-state index is 0.549. The number of nitrogens with two attached hydrogens (primary N) is 1. The molecule has 3 rings (SSSR count). The fourth-order valence-corrected chi connectivity index (χ4v) is 3.03. The summed E-state index contributed by atoms with van der Waals surface area (Å²) >= 11 is 0. The number of pyridine rings is 1. The van der Waals surface area contributed by atoms with Crippen molar-refractivity contribution in [3.8, 4) is 11.1 Å². The summed E-state index contributed by atoms with van der Waals surface area (Å²) in [6, 6.07) is 4.01. The lowest BCUT2D eigenvalue weighted by Gasteiger charge is -2.20. The first-order valence-electron chi connectivity index (χ1n) is 7.00. The van der Waals surface area contributed by atoms with Crippen molar-refractivity contribution in [3.05, 3.63) is 30.2 Å². The Balaban J connectivity index is 2.07. The average Bonchev–Trinajstić information content (AvgIpc) is 2.77. The average molecular weight is 256 g/mol. The molecule has 4 nitrogen and oxygen atoms in total. The Hall–Kier alpha value is -1.84. The van der Waals surface area contributed by atoms with Crippen LogP contribution in [0.15, 0.2) is 24.5 Å². The van der Waals surface area contributed by atoms with Gasteiger partial charge >= 0.3 is 0 Å². The molecular weight excluding hydrogens is 236 g/mol. The van der Waals surface area contributed by atoms with Gasteiger partial charge in [0.2, 0.25) is 0 Å². The summed E-state index contributed by atoms with van der Waals surface area (Å²) in [6.45, 7) is 0. The molecule has 0 aliphatic heterocycles. The maximum absolute atomic E-state index is 6.21. The van der Waals surface area contributed by atoms with E-state index in [1.54, 1.807) is 10.9 Å². The highest BCUT2D eigenvalue weighted by Gasteiger charge is 2.24. The molecule has 2 heterocycles. The van der Waals surface area contributed by atoms with Crippen LogP contribution in [0.25, 0.3) is 11.1 Å². The van der Waals surface area contributed by atoms with E-state index in [2.05, 4.69) is 16.1 Å². The first-order chi connectivity index (χ1) is 9.27. The quantitative estimate of drug-likeness (QED) is 0.898. The highest BCUT2D eigenvalue weighted by Crippen LogP contribution is 2.39. The summed E-state index contributed by atoms with van der Waals surface area (Å²) < 4.78 is 1.80. The lowest BCUT2D eigenvalue weighted by atomic mass is 9.84. The number of anilines is 1. The number of aryl methyl sites for hydroxylation is 1.